The molecule has 0 atom stereocenters. The van der Waals surface area contributed by atoms with E-state index in [0.29, 0.717) is 18.8 Å². The SMILES string of the molecule is COc1ccc2c(c1)C(CNC(=O)c1cn(C)nn1)=NC2. The van der Waals surface area contributed by atoms with Gasteiger partial charge in [-0.3, -0.25) is 14.5 Å². The van der Waals surface area contributed by atoms with Crippen molar-refractivity contribution in [1.82, 2.24) is 20.3 Å². The zero-order valence-corrected chi connectivity index (χ0v) is 11.8. The Bertz CT molecular complexity index is 720. The number of aliphatic imine (C=N–C) groups is 1. The number of hydrogen-bond donors (Lipinski definition) is 1. The number of nitrogens with one attached hydrogen (secondary N) is 1. The summed E-state index contributed by atoms with van der Waals surface area (Å²) in [5.41, 5.74) is 3.30. The molecular weight excluding hydrogens is 270 g/mol. The third-order valence-corrected chi connectivity index (χ3v) is 3.32. The zero-order chi connectivity index (χ0) is 14.8. The molecule has 0 saturated heterocycles. The number of ether oxygens (including phenoxy) is 1. The Kier molecular flexibility index (Phi) is 3.39. The molecule has 0 saturated carbocycles. The fourth-order valence-corrected chi connectivity index (χ4v) is 2.21. The summed E-state index contributed by atoms with van der Waals surface area (Å²) < 4.78 is 6.71. The Morgan fingerprint density at radius 3 is 3.05 bits per heavy atom. The van der Waals surface area contributed by atoms with Crippen molar-refractivity contribution in [3.63, 3.8) is 0 Å². The van der Waals surface area contributed by atoms with Crippen LogP contribution in [0.15, 0.2) is 29.4 Å². The van der Waals surface area contributed by atoms with Crippen molar-refractivity contribution >= 4 is 11.6 Å². The highest BCUT2D eigenvalue weighted by atomic mass is 16.5. The van der Waals surface area contributed by atoms with Gasteiger partial charge in [0.2, 0.25) is 0 Å². The maximum atomic E-state index is 11.9. The van der Waals surface area contributed by atoms with E-state index in [4.69, 9.17) is 4.74 Å². The number of carbonyl (C=O) groups is 1. The van der Waals surface area contributed by atoms with Crippen LogP contribution >= 0.6 is 0 Å². The van der Waals surface area contributed by atoms with Crippen LogP contribution in [0.4, 0.5) is 0 Å². The van der Waals surface area contributed by atoms with E-state index in [0.717, 1.165) is 22.6 Å². The fraction of sp³-hybridized carbons (Fsp3) is 0.286. The number of amides is 1. The molecule has 1 aromatic carbocycles. The van der Waals surface area contributed by atoms with E-state index >= 15 is 0 Å². The molecule has 3 rings (SSSR count). The maximum Gasteiger partial charge on any atom is 0.273 e. The van der Waals surface area contributed by atoms with Gasteiger partial charge in [0, 0.05) is 12.6 Å². The van der Waals surface area contributed by atoms with Gasteiger partial charge in [0.1, 0.15) is 5.75 Å². The van der Waals surface area contributed by atoms with Gasteiger partial charge in [0.15, 0.2) is 5.69 Å². The molecule has 1 aliphatic heterocycles. The number of carbonyl (C=O) groups excluding carboxylic acids is 1. The predicted molar refractivity (Wildman–Crippen MR) is 76.6 cm³/mol. The first-order valence-corrected chi connectivity index (χ1v) is 6.52. The first kappa shape index (κ1) is 13.3. The lowest BCUT2D eigenvalue weighted by Crippen LogP contribution is -2.29. The Morgan fingerprint density at radius 2 is 2.33 bits per heavy atom. The summed E-state index contributed by atoms with van der Waals surface area (Å²) >= 11 is 0. The number of aryl methyl sites for hydroxylation is 1. The molecule has 2 aromatic rings. The van der Waals surface area contributed by atoms with E-state index in [1.165, 1.54) is 4.68 Å². The molecule has 21 heavy (non-hydrogen) atoms. The third kappa shape index (κ3) is 2.62. The lowest BCUT2D eigenvalue weighted by atomic mass is 10.1. The summed E-state index contributed by atoms with van der Waals surface area (Å²) in [4.78, 5) is 16.4. The van der Waals surface area contributed by atoms with Crippen LogP contribution in [-0.4, -0.2) is 40.3 Å². The molecule has 2 heterocycles. The summed E-state index contributed by atoms with van der Waals surface area (Å²) in [6.07, 6.45) is 1.57. The quantitative estimate of drug-likeness (QED) is 0.889. The highest BCUT2D eigenvalue weighted by Gasteiger charge is 2.18. The van der Waals surface area contributed by atoms with E-state index in [1.807, 2.05) is 18.2 Å². The second kappa shape index (κ2) is 5.35. The number of nitrogens with zero attached hydrogens (tertiary/aromatic N) is 4. The van der Waals surface area contributed by atoms with Gasteiger partial charge in [-0.2, -0.15) is 0 Å². The molecular formula is C14H15N5O2. The highest BCUT2D eigenvalue weighted by Crippen LogP contribution is 2.23. The van der Waals surface area contributed by atoms with Crippen molar-refractivity contribution < 1.29 is 9.53 Å². The molecule has 0 bridgehead atoms. The van der Waals surface area contributed by atoms with Crippen LogP contribution in [0.2, 0.25) is 0 Å². The molecule has 0 spiro atoms. The van der Waals surface area contributed by atoms with Crippen molar-refractivity contribution in [2.24, 2.45) is 12.0 Å². The van der Waals surface area contributed by atoms with Gasteiger partial charge in [-0.1, -0.05) is 11.3 Å². The van der Waals surface area contributed by atoms with E-state index < -0.39 is 0 Å². The van der Waals surface area contributed by atoms with E-state index in [1.54, 1.807) is 20.4 Å². The highest BCUT2D eigenvalue weighted by molar-refractivity contribution is 6.07. The molecule has 0 radical (unpaired) electrons. The van der Waals surface area contributed by atoms with Gasteiger partial charge >= 0.3 is 0 Å². The lowest BCUT2D eigenvalue weighted by Gasteiger charge is -2.07. The van der Waals surface area contributed by atoms with Crippen LogP contribution in [0.3, 0.4) is 0 Å². The molecule has 1 aliphatic rings. The molecule has 7 heteroatoms. The Hall–Kier alpha value is -2.70. The number of hydrogen-bond acceptors (Lipinski definition) is 5. The van der Waals surface area contributed by atoms with Crippen LogP contribution < -0.4 is 10.1 Å². The van der Waals surface area contributed by atoms with E-state index in [9.17, 15) is 4.79 Å². The number of methoxy groups -OCH3 is 1. The Labute approximate surface area is 121 Å². The van der Waals surface area contributed by atoms with E-state index in [2.05, 4.69) is 20.6 Å². The van der Waals surface area contributed by atoms with Crippen molar-refractivity contribution in [2.45, 2.75) is 6.54 Å². The number of benzene rings is 1. The summed E-state index contributed by atoms with van der Waals surface area (Å²) in [5.74, 6) is 0.519. The molecule has 0 fully saturated rings. The number of aromatic nitrogens is 3. The largest absolute Gasteiger partial charge is 0.497 e. The normalized spacial score (nSPS) is 12.8. The summed E-state index contributed by atoms with van der Waals surface area (Å²) in [7, 11) is 3.34. The Balaban J connectivity index is 1.69. The molecule has 108 valence electrons. The van der Waals surface area contributed by atoms with Crippen LogP contribution in [0.1, 0.15) is 21.6 Å². The molecule has 1 aromatic heterocycles. The van der Waals surface area contributed by atoms with E-state index in [-0.39, 0.29) is 5.91 Å². The van der Waals surface area contributed by atoms with Crippen LogP contribution in [0.25, 0.3) is 0 Å². The van der Waals surface area contributed by atoms with Crippen LogP contribution in [-0.2, 0) is 13.6 Å². The third-order valence-electron chi connectivity index (χ3n) is 3.32. The second-order valence-electron chi connectivity index (χ2n) is 4.75. The second-order valence-corrected chi connectivity index (χ2v) is 4.75. The van der Waals surface area contributed by atoms with Crippen LogP contribution in [0.5, 0.6) is 5.75 Å². The monoisotopic (exact) mass is 285 g/mol. The molecule has 0 unspecified atom stereocenters. The zero-order valence-electron chi connectivity index (χ0n) is 11.8. The van der Waals surface area contributed by atoms with Gasteiger partial charge in [-0.25, -0.2) is 0 Å². The molecule has 0 aliphatic carbocycles. The van der Waals surface area contributed by atoms with Crippen molar-refractivity contribution in [1.29, 1.82) is 0 Å². The lowest BCUT2D eigenvalue weighted by molar-refractivity contribution is 0.0954. The standard InChI is InChI=1S/C14H15N5O2/c1-19-8-13(17-18-19)14(20)16-7-12-11-5-10(21-2)4-3-9(11)6-15-12/h3-5,8H,6-7H2,1-2H3,(H,16,20). The topological polar surface area (TPSA) is 81.4 Å². The van der Waals surface area contributed by atoms with Gasteiger partial charge in [0.25, 0.3) is 5.91 Å². The molecule has 1 amide bonds. The minimum atomic E-state index is -0.262. The van der Waals surface area contributed by atoms with Gasteiger partial charge in [0.05, 0.1) is 32.1 Å². The number of rotatable bonds is 4. The number of fused-ring (bicyclic) bond motifs is 1. The average Bonchev–Trinajstić information content (AvgIpc) is 3.10. The average molecular weight is 285 g/mol. The smallest absolute Gasteiger partial charge is 0.273 e. The van der Waals surface area contributed by atoms with Crippen LogP contribution in [0, 0.1) is 0 Å². The summed E-state index contributed by atoms with van der Waals surface area (Å²) in [6.45, 7) is 0.991. The van der Waals surface area contributed by atoms with Crippen molar-refractivity contribution in [3.8, 4) is 5.75 Å². The van der Waals surface area contributed by atoms with Crippen molar-refractivity contribution in [2.75, 3.05) is 13.7 Å². The first-order chi connectivity index (χ1) is 10.2. The summed E-state index contributed by atoms with van der Waals surface area (Å²) in [5, 5.41) is 10.3. The maximum absolute atomic E-state index is 11.9. The van der Waals surface area contributed by atoms with Gasteiger partial charge < -0.3 is 10.1 Å². The predicted octanol–water partition coefficient (Wildman–Crippen LogP) is 0.556. The van der Waals surface area contributed by atoms with Gasteiger partial charge in [-0.05, 0) is 17.7 Å². The minimum Gasteiger partial charge on any atom is -0.497 e. The summed E-state index contributed by atoms with van der Waals surface area (Å²) in [6, 6.07) is 5.85. The fourth-order valence-electron chi connectivity index (χ4n) is 2.21. The Morgan fingerprint density at radius 1 is 1.48 bits per heavy atom. The molecule has 1 N–H and O–H groups in total. The first-order valence-electron chi connectivity index (χ1n) is 6.52. The van der Waals surface area contributed by atoms with Crippen molar-refractivity contribution in [3.05, 3.63) is 41.2 Å². The molecule has 7 nitrogen and oxygen atoms in total. The van der Waals surface area contributed by atoms with Gasteiger partial charge in [-0.15, -0.1) is 5.10 Å². The minimum absolute atomic E-state index is 0.262.